The van der Waals surface area contributed by atoms with Gasteiger partial charge in [0.05, 0.1) is 5.69 Å². The molecule has 1 heterocycles. The van der Waals surface area contributed by atoms with Crippen LogP contribution in [-0.2, 0) is 6.18 Å². The third-order valence-electron chi connectivity index (χ3n) is 3.41. The number of alkyl halides is 3. The third kappa shape index (κ3) is 3.38. The van der Waals surface area contributed by atoms with E-state index in [1.807, 2.05) is 0 Å². The molecule has 1 N–H and O–H groups in total. The number of hydrogen-bond donors (Lipinski definition) is 1. The lowest BCUT2D eigenvalue weighted by Crippen LogP contribution is -2.04. The van der Waals surface area contributed by atoms with Gasteiger partial charge in [-0.15, -0.1) is 0 Å². The number of nitrogens with one attached hydrogen (secondary N) is 1. The van der Waals surface area contributed by atoms with E-state index in [4.69, 9.17) is 23.2 Å². The molecule has 2 aromatic carbocycles. The average Bonchev–Trinajstić information content (AvgIpc) is 2.94. The van der Waals surface area contributed by atoms with Crippen molar-refractivity contribution in [1.82, 2.24) is 4.98 Å². The van der Waals surface area contributed by atoms with Gasteiger partial charge in [-0.25, -0.2) is 0 Å². The summed E-state index contributed by atoms with van der Waals surface area (Å²) < 4.78 is 39.2. The minimum atomic E-state index is -4.45. The van der Waals surface area contributed by atoms with Crippen molar-refractivity contribution in [2.24, 2.45) is 0 Å². The fourth-order valence-corrected chi connectivity index (χ4v) is 2.56. The van der Waals surface area contributed by atoms with Crippen molar-refractivity contribution in [1.29, 1.82) is 0 Å². The molecule has 0 spiro atoms. The van der Waals surface area contributed by atoms with E-state index in [0.717, 1.165) is 6.07 Å². The first kappa shape index (κ1) is 16.0. The Bertz CT molecular complexity index is 756. The maximum Gasteiger partial charge on any atom is 0.431 e. The van der Waals surface area contributed by atoms with Gasteiger partial charge < -0.3 is 4.98 Å². The summed E-state index contributed by atoms with van der Waals surface area (Å²) in [5.41, 5.74) is 1.31. The summed E-state index contributed by atoms with van der Waals surface area (Å²) in [6, 6.07) is 14.4. The Morgan fingerprint density at radius 2 is 1.22 bits per heavy atom. The zero-order valence-electron chi connectivity index (χ0n) is 11.6. The van der Waals surface area contributed by atoms with Crippen molar-refractivity contribution < 1.29 is 13.2 Å². The molecule has 3 aromatic rings. The van der Waals surface area contributed by atoms with Crippen LogP contribution in [0.15, 0.2) is 54.6 Å². The highest BCUT2D eigenvalue weighted by Gasteiger charge is 2.34. The number of halogens is 5. The Morgan fingerprint density at radius 3 is 1.70 bits per heavy atom. The van der Waals surface area contributed by atoms with E-state index in [1.165, 1.54) is 0 Å². The number of rotatable bonds is 2. The molecule has 0 fully saturated rings. The van der Waals surface area contributed by atoms with Crippen molar-refractivity contribution >= 4 is 23.2 Å². The molecule has 0 saturated heterocycles. The zero-order chi connectivity index (χ0) is 16.6. The Balaban J connectivity index is 2.18. The van der Waals surface area contributed by atoms with Gasteiger partial charge in [0, 0.05) is 15.6 Å². The van der Waals surface area contributed by atoms with E-state index in [1.54, 1.807) is 48.5 Å². The van der Waals surface area contributed by atoms with Gasteiger partial charge in [-0.1, -0.05) is 47.5 Å². The fraction of sp³-hybridized carbons (Fsp3) is 0.0588. The van der Waals surface area contributed by atoms with Gasteiger partial charge in [0.1, 0.15) is 5.69 Å². The lowest BCUT2D eigenvalue weighted by Gasteiger charge is -2.05. The minimum absolute atomic E-state index is 0.385. The zero-order valence-corrected chi connectivity index (χ0v) is 13.1. The summed E-state index contributed by atoms with van der Waals surface area (Å²) in [6.07, 6.45) is -4.45. The van der Waals surface area contributed by atoms with Crippen molar-refractivity contribution in [3.63, 3.8) is 0 Å². The molecule has 118 valence electrons. The highest BCUT2D eigenvalue weighted by atomic mass is 35.5. The van der Waals surface area contributed by atoms with Gasteiger partial charge in [-0.3, -0.25) is 0 Å². The molecular formula is C17H10Cl2F3N. The van der Waals surface area contributed by atoms with Crippen molar-refractivity contribution in [2.75, 3.05) is 0 Å². The minimum Gasteiger partial charge on any atom is -0.351 e. The first-order valence-electron chi connectivity index (χ1n) is 6.66. The molecular weight excluding hydrogens is 346 g/mol. The van der Waals surface area contributed by atoms with Crippen LogP contribution in [0.3, 0.4) is 0 Å². The van der Waals surface area contributed by atoms with Crippen LogP contribution in [0.4, 0.5) is 13.2 Å². The monoisotopic (exact) mass is 355 g/mol. The van der Waals surface area contributed by atoms with Gasteiger partial charge in [0.25, 0.3) is 0 Å². The molecule has 1 nitrogen and oxygen atoms in total. The lowest BCUT2D eigenvalue weighted by atomic mass is 10.0. The maximum absolute atomic E-state index is 13.1. The largest absolute Gasteiger partial charge is 0.431 e. The summed E-state index contributed by atoms with van der Waals surface area (Å²) in [5.74, 6) is 0. The van der Waals surface area contributed by atoms with E-state index in [-0.39, 0.29) is 0 Å². The van der Waals surface area contributed by atoms with Gasteiger partial charge in [0.15, 0.2) is 0 Å². The van der Waals surface area contributed by atoms with Crippen LogP contribution >= 0.6 is 23.2 Å². The first-order chi connectivity index (χ1) is 10.8. The number of aromatic nitrogens is 1. The number of benzene rings is 2. The lowest BCUT2D eigenvalue weighted by molar-refractivity contribution is -0.140. The summed E-state index contributed by atoms with van der Waals surface area (Å²) in [6.45, 7) is 0. The predicted octanol–water partition coefficient (Wildman–Crippen LogP) is 6.67. The Kier molecular flexibility index (Phi) is 4.13. The van der Waals surface area contributed by atoms with Crippen LogP contribution in [0.5, 0.6) is 0 Å². The Hall–Kier alpha value is -1.91. The molecule has 0 saturated carbocycles. The van der Waals surface area contributed by atoms with E-state index < -0.39 is 11.9 Å². The van der Waals surface area contributed by atoms with E-state index >= 15 is 0 Å². The summed E-state index contributed by atoms with van der Waals surface area (Å²) in [7, 11) is 0. The van der Waals surface area contributed by atoms with Crippen LogP contribution in [0.1, 0.15) is 5.69 Å². The molecule has 0 unspecified atom stereocenters. The second kappa shape index (κ2) is 5.95. The standard InChI is InChI=1S/C17H10Cl2F3N/c18-12-5-1-10(2-6-12)14-9-15(17(20,21)22)23-16(14)11-3-7-13(19)8-4-11/h1-9,23H. The van der Waals surface area contributed by atoms with Crippen LogP contribution in [0.2, 0.25) is 10.0 Å². The van der Waals surface area contributed by atoms with Crippen molar-refractivity contribution in [2.45, 2.75) is 6.18 Å². The highest BCUT2D eigenvalue weighted by Crippen LogP contribution is 2.38. The highest BCUT2D eigenvalue weighted by molar-refractivity contribution is 6.31. The van der Waals surface area contributed by atoms with Crippen molar-refractivity contribution in [3.8, 4) is 22.4 Å². The predicted molar refractivity (Wildman–Crippen MR) is 86.7 cm³/mol. The summed E-state index contributed by atoms with van der Waals surface area (Å²) >= 11 is 11.7. The molecule has 0 atom stereocenters. The second-order valence-corrected chi connectivity index (χ2v) is 5.86. The number of hydrogen-bond acceptors (Lipinski definition) is 0. The number of H-pyrrole nitrogens is 1. The summed E-state index contributed by atoms with van der Waals surface area (Å²) in [4.78, 5) is 2.47. The van der Waals surface area contributed by atoms with Gasteiger partial charge in [-0.2, -0.15) is 13.2 Å². The Labute approximate surface area is 140 Å². The molecule has 3 rings (SSSR count). The van der Waals surface area contributed by atoms with Gasteiger partial charge in [-0.05, 0) is 41.5 Å². The smallest absolute Gasteiger partial charge is 0.351 e. The SMILES string of the molecule is FC(F)(F)c1cc(-c2ccc(Cl)cc2)c(-c2ccc(Cl)cc2)[nH]1. The molecule has 0 aliphatic carbocycles. The maximum atomic E-state index is 13.1. The van der Waals surface area contributed by atoms with E-state index in [2.05, 4.69) is 4.98 Å². The van der Waals surface area contributed by atoms with E-state index in [0.29, 0.717) is 32.4 Å². The molecule has 0 aliphatic rings. The molecule has 0 amide bonds. The average molecular weight is 356 g/mol. The van der Waals surface area contributed by atoms with Crippen LogP contribution in [-0.4, -0.2) is 4.98 Å². The van der Waals surface area contributed by atoms with Gasteiger partial charge >= 0.3 is 6.18 Å². The normalized spacial score (nSPS) is 11.7. The first-order valence-corrected chi connectivity index (χ1v) is 7.42. The van der Waals surface area contributed by atoms with Crippen LogP contribution < -0.4 is 0 Å². The topological polar surface area (TPSA) is 15.8 Å². The molecule has 6 heteroatoms. The van der Waals surface area contributed by atoms with Crippen LogP contribution in [0, 0.1) is 0 Å². The Morgan fingerprint density at radius 1 is 0.739 bits per heavy atom. The molecule has 23 heavy (non-hydrogen) atoms. The molecule has 1 aromatic heterocycles. The van der Waals surface area contributed by atoms with Gasteiger partial charge in [0.2, 0.25) is 0 Å². The van der Waals surface area contributed by atoms with Crippen molar-refractivity contribution in [3.05, 3.63) is 70.3 Å². The quantitative estimate of drug-likeness (QED) is 0.528. The fourth-order valence-electron chi connectivity index (χ4n) is 2.31. The van der Waals surface area contributed by atoms with Crippen LogP contribution in [0.25, 0.3) is 22.4 Å². The molecule has 0 bridgehead atoms. The number of aromatic amines is 1. The van der Waals surface area contributed by atoms with E-state index in [9.17, 15) is 13.2 Å². The third-order valence-corrected chi connectivity index (χ3v) is 3.92. The second-order valence-electron chi connectivity index (χ2n) is 4.98. The summed E-state index contributed by atoms with van der Waals surface area (Å²) in [5, 5.41) is 1.04. The molecule has 0 aliphatic heterocycles. The molecule has 0 radical (unpaired) electrons.